The van der Waals surface area contributed by atoms with Crippen LogP contribution in [0.1, 0.15) is 23.0 Å². The van der Waals surface area contributed by atoms with Gasteiger partial charge in [-0.25, -0.2) is 4.79 Å². The number of carbonyl (C=O) groups excluding carboxylic acids is 1. The summed E-state index contributed by atoms with van der Waals surface area (Å²) in [6, 6.07) is 22.5. The fraction of sp³-hybridized carbons (Fsp3) is 0.240. The van der Waals surface area contributed by atoms with E-state index in [0.29, 0.717) is 31.3 Å². The van der Waals surface area contributed by atoms with Crippen molar-refractivity contribution in [2.75, 3.05) is 25.6 Å². The predicted molar refractivity (Wildman–Crippen MR) is 119 cm³/mol. The Morgan fingerprint density at radius 2 is 1.66 bits per heavy atom. The Bertz CT molecular complexity index is 1020. The van der Waals surface area contributed by atoms with E-state index in [4.69, 9.17) is 23.7 Å². The number of anilines is 1. The molecule has 1 fully saturated rings. The maximum absolute atomic E-state index is 12.2. The topological polar surface area (TPSA) is 75.3 Å². The van der Waals surface area contributed by atoms with E-state index in [1.807, 2.05) is 60.7 Å². The van der Waals surface area contributed by atoms with Crippen molar-refractivity contribution in [1.82, 2.24) is 0 Å². The normalized spacial score (nSPS) is 13.5. The summed E-state index contributed by atoms with van der Waals surface area (Å²) in [7, 11) is 1.63. The van der Waals surface area contributed by atoms with Crippen LogP contribution in [0, 0.1) is 0 Å². The third-order valence-electron chi connectivity index (χ3n) is 4.90. The second kappa shape index (κ2) is 10.7. The van der Waals surface area contributed by atoms with Crippen LogP contribution >= 0.6 is 0 Å². The highest BCUT2D eigenvalue weighted by molar-refractivity contribution is 5.85. The van der Waals surface area contributed by atoms with E-state index in [-0.39, 0.29) is 6.61 Å². The summed E-state index contributed by atoms with van der Waals surface area (Å²) in [6.07, 6.45) is -1.05. The van der Waals surface area contributed by atoms with Gasteiger partial charge in [0.25, 0.3) is 0 Å². The third kappa shape index (κ3) is 5.78. The molecular weight excluding hydrogens is 410 g/mol. The zero-order valence-electron chi connectivity index (χ0n) is 17.8. The average molecular weight is 435 g/mol. The number of ether oxygens (including phenoxy) is 5. The Kier molecular flexibility index (Phi) is 7.22. The second-order valence-corrected chi connectivity index (χ2v) is 7.15. The molecule has 1 amide bonds. The lowest BCUT2D eigenvalue weighted by molar-refractivity contribution is -0.0458. The Balaban J connectivity index is 1.44. The standard InChI is InChI=1S/C25H25NO6/c1-28-21-10-7-19(8-11-21)16-31-23-15-20(9-12-22(23)24-29-13-14-30-24)26-25(27)32-17-18-5-3-2-4-6-18/h2-12,15,24H,13-14,16-17H2,1H3,(H,26,27). The van der Waals surface area contributed by atoms with Gasteiger partial charge in [0.1, 0.15) is 24.7 Å². The summed E-state index contributed by atoms with van der Waals surface area (Å²) in [4.78, 5) is 12.2. The molecule has 0 atom stereocenters. The summed E-state index contributed by atoms with van der Waals surface area (Å²) in [5.41, 5.74) is 3.21. The average Bonchev–Trinajstić information content (AvgIpc) is 3.37. The predicted octanol–water partition coefficient (Wildman–Crippen LogP) is 5.07. The number of carbonyl (C=O) groups is 1. The molecule has 7 heteroatoms. The largest absolute Gasteiger partial charge is 0.497 e. The van der Waals surface area contributed by atoms with Crippen LogP contribution in [0.3, 0.4) is 0 Å². The molecule has 7 nitrogen and oxygen atoms in total. The maximum Gasteiger partial charge on any atom is 0.411 e. The van der Waals surface area contributed by atoms with E-state index >= 15 is 0 Å². The Morgan fingerprint density at radius 1 is 0.938 bits per heavy atom. The van der Waals surface area contributed by atoms with Crippen molar-refractivity contribution in [3.8, 4) is 11.5 Å². The number of nitrogens with one attached hydrogen (secondary N) is 1. The molecule has 0 unspecified atom stereocenters. The molecule has 1 N–H and O–H groups in total. The van der Waals surface area contributed by atoms with Gasteiger partial charge in [-0.3, -0.25) is 5.32 Å². The van der Waals surface area contributed by atoms with Gasteiger partial charge in [0.15, 0.2) is 6.29 Å². The molecular formula is C25H25NO6. The van der Waals surface area contributed by atoms with Gasteiger partial charge in [0, 0.05) is 17.3 Å². The minimum Gasteiger partial charge on any atom is -0.497 e. The Labute approximate surface area is 186 Å². The number of hydrogen-bond donors (Lipinski definition) is 1. The Morgan fingerprint density at radius 3 is 2.38 bits per heavy atom. The van der Waals surface area contributed by atoms with E-state index in [0.717, 1.165) is 22.4 Å². The first kappa shape index (κ1) is 21.7. The van der Waals surface area contributed by atoms with Crippen LogP contribution in [-0.2, 0) is 27.4 Å². The van der Waals surface area contributed by atoms with Gasteiger partial charge in [-0.2, -0.15) is 0 Å². The van der Waals surface area contributed by atoms with Gasteiger partial charge >= 0.3 is 6.09 Å². The van der Waals surface area contributed by atoms with E-state index in [1.165, 1.54) is 0 Å². The zero-order chi connectivity index (χ0) is 22.2. The fourth-order valence-corrected chi connectivity index (χ4v) is 3.23. The maximum atomic E-state index is 12.2. The van der Waals surface area contributed by atoms with Gasteiger partial charge in [-0.05, 0) is 35.4 Å². The molecule has 0 radical (unpaired) electrons. The third-order valence-corrected chi connectivity index (χ3v) is 4.90. The zero-order valence-corrected chi connectivity index (χ0v) is 17.8. The van der Waals surface area contributed by atoms with Crippen molar-refractivity contribution in [3.63, 3.8) is 0 Å². The van der Waals surface area contributed by atoms with Gasteiger partial charge in [0.2, 0.25) is 0 Å². The highest BCUT2D eigenvalue weighted by atomic mass is 16.7. The summed E-state index contributed by atoms with van der Waals surface area (Å²) in [6.45, 7) is 1.57. The van der Waals surface area contributed by atoms with Crippen molar-refractivity contribution in [2.45, 2.75) is 19.5 Å². The van der Waals surface area contributed by atoms with E-state index < -0.39 is 12.4 Å². The monoisotopic (exact) mass is 435 g/mol. The molecule has 1 heterocycles. The Hall–Kier alpha value is -3.55. The first-order valence-electron chi connectivity index (χ1n) is 10.3. The molecule has 1 saturated heterocycles. The van der Waals surface area contributed by atoms with Crippen LogP contribution in [-0.4, -0.2) is 26.4 Å². The molecule has 32 heavy (non-hydrogen) atoms. The van der Waals surface area contributed by atoms with Gasteiger partial charge in [-0.1, -0.05) is 42.5 Å². The van der Waals surface area contributed by atoms with Crippen molar-refractivity contribution in [2.24, 2.45) is 0 Å². The first-order valence-corrected chi connectivity index (χ1v) is 10.3. The minimum absolute atomic E-state index is 0.190. The molecule has 0 aromatic heterocycles. The highest BCUT2D eigenvalue weighted by Crippen LogP contribution is 2.34. The van der Waals surface area contributed by atoms with Crippen LogP contribution in [0.15, 0.2) is 72.8 Å². The highest BCUT2D eigenvalue weighted by Gasteiger charge is 2.23. The summed E-state index contributed by atoms with van der Waals surface area (Å²) in [5.74, 6) is 1.34. The molecule has 4 rings (SSSR count). The van der Waals surface area contributed by atoms with Gasteiger partial charge in [0.05, 0.1) is 20.3 Å². The fourth-order valence-electron chi connectivity index (χ4n) is 3.23. The molecule has 0 spiro atoms. The summed E-state index contributed by atoms with van der Waals surface area (Å²) >= 11 is 0. The second-order valence-electron chi connectivity index (χ2n) is 7.15. The first-order chi connectivity index (χ1) is 15.7. The molecule has 1 aliphatic heterocycles. The molecule has 1 aliphatic rings. The number of amides is 1. The van der Waals surface area contributed by atoms with Crippen LogP contribution in [0.4, 0.5) is 10.5 Å². The number of benzene rings is 3. The molecule has 0 saturated carbocycles. The van der Waals surface area contributed by atoms with Gasteiger partial charge in [-0.15, -0.1) is 0 Å². The minimum atomic E-state index is -0.545. The lowest BCUT2D eigenvalue weighted by Gasteiger charge is -2.17. The van der Waals surface area contributed by atoms with Crippen LogP contribution in [0.25, 0.3) is 0 Å². The lowest BCUT2D eigenvalue weighted by atomic mass is 10.1. The SMILES string of the molecule is COc1ccc(COc2cc(NC(=O)OCc3ccccc3)ccc2C2OCCO2)cc1. The van der Waals surface area contributed by atoms with Crippen LogP contribution in [0.5, 0.6) is 11.5 Å². The quantitative estimate of drug-likeness (QED) is 0.533. The van der Waals surface area contributed by atoms with Crippen LogP contribution in [0.2, 0.25) is 0 Å². The van der Waals surface area contributed by atoms with Crippen molar-refractivity contribution in [3.05, 3.63) is 89.5 Å². The smallest absolute Gasteiger partial charge is 0.411 e. The molecule has 3 aromatic carbocycles. The summed E-state index contributed by atoms with van der Waals surface area (Å²) in [5, 5.41) is 2.74. The van der Waals surface area contributed by atoms with E-state index in [2.05, 4.69) is 5.32 Å². The van der Waals surface area contributed by atoms with Crippen LogP contribution < -0.4 is 14.8 Å². The lowest BCUT2D eigenvalue weighted by Crippen LogP contribution is -2.14. The molecule has 166 valence electrons. The number of rotatable bonds is 8. The number of hydrogen-bond acceptors (Lipinski definition) is 6. The van der Waals surface area contributed by atoms with Gasteiger partial charge < -0.3 is 23.7 Å². The molecule has 0 bridgehead atoms. The van der Waals surface area contributed by atoms with E-state index in [1.54, 1.807) is 19.2 Å². The van der Waals surface area contributed by atoms with Crippen molar-refractivity contribution >= 4 is 11.8 Å². The summed E-state index contributed by atoms with van der Waals surface area (Å²) < 4.78 is 27.8. The van der Waals surface area contributed by atoms with E-state index in [9.17, 15) is 4.79 Å². The van der Waals surface area contributed by atoms with Crippen molar-refractivity contribution in [1.29, 1.82) is 0 Å². The van der Waals surface area contributed by atoms with Crippen molar-refractivity contribution < 1.29 is 28.5 Å². The number of methoxy groups -OCH3 is 1. The molecule has 3 aromatic rings. The molecule has 0 aliphatic carbocycles.